The molecule has 0 amide bonds. The van der Waals surface area contributed by atoms with Crippen molar-refractivity contribution >= 4 is 17.7 Å². The molecule has 98 valence electrons. The molecule has 0 radical (unpaired) electrons. The highest BCUT2D eigenvalue weighted by molar-refractivity contribution is 5.92. The van der Waals surface area contributed by atoms with E-state index >= 15 is 0 Å². The monoisotopic (exact) mass is 251 g/mol. The maximum absolute atomic E-state index is 11.0. The van der Waals surface area contributed by atoms with Gasteiger partial charge in [0, 0.05) is 38.9 Å². The van der Waals surface area contributed by atoms with Crippen LogP contribution < -0.4 is 15.5 Å². The second-order valence-corrected chi connectivity index (χ2v) is 4.00. The molecule has 3 N–H and O–H groups in total. The summed E-state index contributed by atoms with van der Waals surface area (Å²) in [5.74, 6) is -0.0520. The highest BCUT2D eigenvalue weighted by atomic mass is 16.4. The molecule has 0 unspecified atom stereocenters. The number of anilines is 2. The van der Waals surface area contributed by atoms with Gasteiger partial charge in [-0.05, 0) is 6.92 Å². The number of aromatic carboxylic acids is 1. The standard InChI is InChI=1S/C11H17N5O2/c1-2-13-9-8(10(17)18)7-14-11(15-9)16-5-3-12-4-6-16/h7,12H,2-6H2,1H3,(H,17,18)(H,13,14,15). The van der Waals surface area contributed by atoms with E-state index in [4.69, 9.17) is 5.11 Å². The fourth-order valence-corrected chi connectivity index (χ4v) is 1.85. The fourth-order valence-electron chi connectivity index (χ4n) is 1.85. The summed E-state index contributed by atoms with van der Waals surface area (Å²) in [6.07, 6.45) is 1.37. The number of piperazine rings is 1. The molecule has 0 spiro atoms. The second-order valence-electron chi connectivity index (χ2n) is 4.00. The predicted molar refractivity (Wildman–Crippen MR) is 68.2 cm³/mol. The quantitative estimate of drug-likeness (QED) is 0.694. The van der Waals surface area contributed by atoms with Crippen LogP contribution in [0, 0.1) is 0 Å². The zero-order valence-electron chi connectivity index (χ0n) is 10.3. The van der Waals surface area contributed by atoms with Crippen molar-refractivity contribution < 1.29 is 9.90 Å². The van der Waals surface area contributed by atoms with Crippen molar-refractivity contribution in [1.29, 1.82) is 0 Å². The first-order chi connectivity index (χ1) is 8.72. The molecule has 1 aromatic rings. The number of rotatable bonds is 4. The number of nitrogens with one attached hydrogen (secondary N) is 2. The molecule has 1 aliphatic heterocycles. The van der Waals surface area contributed by atoms with Crippen molar-refractivity contribution in [2.75, 3.05) is 42.9 Å². The molecule has 0 bridgehead atoms. The summed E-state index contributed by atoms with van der Waals surface area (Å²) < 4.78 is 0. The highest BCUT2D eigenvalue weighted by Gasteiger charge is 2.17. The van der Waals surface area contributed by atoms with Gasteiger partial charge in [-0.2, -0.15) is 4.98 Å². The van der Waals surface area contributed by atoms with Gasteiger partial charge in [0.05, 0.1) is 0 Å². The maximum atomic E-state index is 11.0. The van der Waals surface area contributed by atoms with Gasteiger partial charge in [-0.15, -0.1) is 0 Å². The van der Waals surface area contributed by atoms with Gasteiger partial charge in [0.15, 0.2) is 0 Å². The molecule has 1 saturated heterocycles. The summed E-state index contributed by atoms with van der Waals surface area (Å²) in [5, 5.41) is 15.3. The van der Waals surface area contributed by atoms with Crippen LogP contribution in [0.2, 0.25) is 0 Å². The summed E-state index contributed by atoms with van der Waals surface area (Å²) in [6.45, 7) is 5.97. The van der Waals surface area contributed by atoms with Crippen LogP contribution in [-0.4, -0.2) is 53.8 Å². The molecule has 1 aliphatic rings. The van der Waals surface area contributed by atoms with Gasteiger partial charge >= 0.3 is 5.97 Å². The Morgan fingerprint density at radius 3 is 2.89 bits per heavy atom. The lowest BCUT2D eigenvalue weighted by Crippen LogP contribution is -2.44. The molecule has 18 heavy (non-hydrogen) atoms. The topological polar surface area (TPSA) is 90.4 Å². The molecule has 1 aromatic heterocycles. The minimum atomic E-state index is -1.02. The van der Waals surface area contributed by atoms with E-state index in [0.29, 0.717) is 18.3 Å². The van der Waals surface area contributed by atoms with Crippen molar-refractivity contribution in [3.63, 3.8) is 0 Å². The van der Waals surface area contributed by atoms with Gasteiger partial charge in [0.25, 0.3) is 0 Å². The number of nitrogens with zero attached hydrogens (tertiary/aromatic N) is 3. The van der Waals surface area contributed by atoms with E-state index in [9.17, 15) is 4.79 Å². The lowest BCUT2D eigenvalue weighted by molar-refractivity contribution is 0.0697. The van der Waals surface area contributed by atoms with Crippen molar-refractivity contribution in [3.8, 4) is 0 Å². The Morgan fingerprint density at radius 1 is 1.56 bits per heavy atom. The van der Waals surface area contributed by atoms with Crippen molar-refractivity contribution in [2.24, 2.45) is 0 Å². The third-order valence-electron chi connectivity index (χ3n) is 2.75. The molecule has 2 heterocycles. The fraction of sp³-hybridized carbons (Fsp3) is 0.545. The lowest BCUT2D eigenvalue weighted by Gasteiger charge is -2.27. The Labute approximate surface area is 105 Å². The molecular weight excluding hydrogens is 234 g/mol. The molecule has 0 saturated carbocycles. The van der Waals surface area contributed by atoms with Gasteiger partial charge in [-0.25, -0.2) is 9.78 Å². The van der Waals surface area contributed by atoms with E-state index in [1.165, 1.54) is 6.20 Å². The first-order valence-electron chi connectivity index (χ1n) is 6.02. The molecule has 1 fully saturated rings. The molecule has 0 aliphatic carbocycles. The zero-order valence-corrected chi connectivity index (χ0v) is 10.3. The largest absolute Gasteiger partial charge is 0.477 e. The number of aromatic nitrogens is 2. The van der Waals surface area contributed by atoms with Crippen LogP contribution in [0.25, 0.3) is 0 Å². The number of hydrogen-bond acceptors (Lipinski definition) is 6. The Balaban J connectivity index is 2.26. The van der Waals surface area contributed by atoms with E-state index in [2.05, 4.69) is 20.6 Å². The van der Waals surface area contributed by atoms with Crippen molar-refractivity contribution in [1.82, 2.24) is 15.3 Å². The van der Waals surface area contributed by atoms with E-state index in [-0.39, 0.29) is 5.56 Å². The third kappa shape index (κ3) is 2.67. The molecule has 0 aromatic carbocycles. The minimum absolute atomic E-state index is 0.107. The van der Waals surface area contributed by atoms with E-state index in [0.717, 1.165) is 26.2 Å². The Hall–Kier alpha value is -1.89. The highest BCUT2D eigenvalue weighted by Crippen LogP contribution is 2.16. The number of carboxylic acid groups (broad SMARTS) is 1. The van der Waals surface area contributed by atoms with Crippen LogP contribution in [0.15, 0.2) is 6.20 Å². The lowest BCUT2D eigenvalue weighted by atomic mass is 10.3. The normalized spacial score (nSPS) is 15.5. The maximum Gasteiger partial charge on any atom is 0.341 e. The van der Waals surface area contributed by atoms with Gasteiger partial charge in [0.2, 0.25) is 5.95 Å². The number of carbonyl (C=O) groups is 1. The molecular formula is C11H17N5O2. The second kappa shape index (κ2) is 5.63. The van der Waals surface area contributed by atoms with Crippen LogP contribution in [0.4, 0.5) is 11.8 Å². The van der Waals surface area contributed by atoms with E-state index < -0.39 is 5.97 Å². The summed E-state index contributed by atoms with van der Waals surface area (Å²) in [6, 6.07) is 0. The van der Waals surface area contributed by atoms with Gasteiger partial charge in [-0.3, -0.25) is 0 Å². The first-order valence-corrected chi connectivity index (χ1v) is 6.02. The summed E-state index contributed by atoms with van der Waals surface area (Å²) in [7, 11) is 0. The van der Waals surface area contributed by atoms with Gasteiger partial charge in [0.1, 0.15) is 11.4 Å². The smallest absolute Gasteiger partial charge is 0.341 e. The minimum Gasteiger partial charge on any atom is -0.477 e. The SMILES string of the molecule is CCNc1nc(N2CCNCC2)ncc1C(=O)O. The third-order valence-corrected chi connectivity index (χ3v) is 2.75. The van der Waals surface area contributed by atoms with E-state index in [1.54, 1.807) is 0 Å². The van der Waals surface area contributed by atoms with Gasteiger partial charge in [-0.1, -0.05) is 0 Å². The van der Waals surface area contributed by atoms with Crippen molar-refractivity contribution in [2.45, 2.75) is 6.92 Å². The van der Waals surface area contributed by atoms with E-state index in [1.807, 2.05) is 11.8 Å². The summed E-state index contributed by atoms with van der Waals surface area (Å²) in [4.78, 5) is 21.5. The first kappa shape index (κ1) is 12.6. The Bertz CT molecular complexity index is 431. The average Bonchev–Trinajstić information content (AvgIpc) is 2.40. The Kier molecular flexibility index (Phi) is 3.93. The molecule has 0 atom stereocenters. The summed E-state index contributed by atoms with van der Waals surface area (Å²) >= 11 is 0. The van der Waals surface area contributed by atoms with Crippen LogP contribution in [0.3, 0.4) is 0 Å². The summed E-state index contributed by atoms with van der Waals surface area (Å²) in [5.41, 5.74) is 0.107. The molecule has 2 rings (SSSR count). The van der Waals surface area contributed by atoms with Crippen LogP contribution in [0.5, 0.6) is 0 Å². The molecule has 7 heteroatoms. The predicted octanol–water partition coefficient (Wildman–Crippen LogP) is 0.0162. The Morgan fingerprint density at radius 2 is 2.28 bits per heavy atom. The zero-order chi connectivity index (χ0) is 13.0. The number of carboxylic acids is 1. The van der Waals surface area contributed by atoms with Crippen LogP contribution in [0.1, 0.15) is 17.3 Å². The van der Waals surface area contributed by atoms with Crippen LogP contribution in [-0.2, 0) is 0 Å². The number of hydrogen-bond donors (Lipinski definition) is 3. The van der Waals surface area contributed by atoms with Crippen LogP contribution >= 0.6 is 0 Å². The van der Waals surface area contributed by atoms with Crippen molar-refractivity contribution in [3.05, 3.63) is 11.8 Å². The molecule has 7 nitrogen and oxygen atoms in total. The van der Waals surface area contributed by atoms with Gasteiger partial charge < -0.3 is 20.6 Å². The average molecular weight is 251 g/mol.